The molecule has 0 radical (unpaired) electrons. The van der Waals surface area contributed by atoms with Crippen LogP contribution in [0.3, 0.4) is 0 Å². The van der Waals surface area contributed by atoms with Crippen LogP contribution in [-0.2, 0) is 32.2 Å². The first-order valence-electron chi connectivity index (χ1n) is 16.2. The number of carbonyl (C=O) groups excluding carboxylic acids is 2. The van der Waals surface area contributed by atoms with Gasteiger partial charge in [-0.3, -0.25) is 9.59 Å². The van der Waals surface area contributed by atoms with Crippen LogP contribution < -0.4 is 16.4 Å². The van der Waals surface area contributed by atoms with Crippen LogP contribution in [-0.4, -0.2) is 46.2 Å². The molecule has 10 heteroatoms. The summed E-state index contributed by atoms with van der Waals surface area (Å²) in [4.78, 5) is 24.7. The summed E-state index contributed by atoms with van der Waals surface area (Å²) >= 11 is 1.66. The largest absolute Gasteiger partial charge is 0.397 e. The van der Waals surface area contributed by atoms with Gasteiger partial charge in [-0.25, -0.2) is 0 Å². The molecule has 48 heavy (non-hydrogen) atoms. The molecule has 0 aliphatic carbocycles. The van der Waals surface area contributed by atoms with Crippen LogP contribution in [0.1, 0.15) is 60.3 Å². The van der Waals surface area contributed by atoms with Crippen molar-refractivity contribution in [3.63, 3.8) is 0 Å². The minimum Gasteiger partial charge on any atom is -0.397 e. The van der Waals surface area contributed by atoms with E-state index in [2.05, 4.69) is 16.7 Å². The van der Waals surface area contributed by atoms with Crippen LogP contribution >= 0.6 is 11.8 Å². The average molecular weight is 670 g/mol. The Bertz CT molecular complexity index is 1630. The fraction of sp³-hybridized carbons (Fsp3) is 0.316. The van der Waals surface area contributed by atoms with Crippen LogP contribution in [0.25, 0.3) is 11.1 Å². The lowest BCUT2D eigenvalue weighted by molar-refractivity contribution is -0.245. The summed E-state index contributed by atoms with van der Waals surface area (Å²) in [6.07, 6.45) is 0.872. The molecule has 4 aromatic rings. The van der Waals surface area contributed by atoms with Gasteiger partial charge in [-0.05, 0) is 52.4 Å². The quantitative estimate of drug-likeness (QED) is 0.0753. The Hall–Kier alpha value is -4.19. The maximum absolute atomic E-state index is 12.5. The number of nitrogens with one attached hydrogen (secondary N) is 2. The molecular formula is C38H43N3O6S. The van der Waals surface area contributed by atoms with Gasteiger partial charge in [0, 0.05) is 42.9 Å². The predicted octanol–water partition coefficient (Wildman–Crippen LogP) is 6.12. The predicted molar refractivity (Wildman–Crippen MR) is 190 cm³/mol. The van der Waals surface area contributed by atoms with Crippen molar-refractivity contribution in [1.29, 1.82) is 0 Å². The highest BCUT2D eigenvalue weighted by atomic mass is 32.2. The summed E-state index contributed by atoms with van der Waals surface area (Å²) < 4.78 is 12.8. The van der Waals surface area contributed by atoms with Crippen molar-refractivity contribution in [1.82, 2.24) is 5.32 Å². The number of hydrogen-bond donors (Lipinski definition) is 5. The molecule has 1 heterocycles. The lowest BCUT2D eigenvalue weighted by atomic mass is 9.99. The summed E-state index contributed by atoms with van der Waals surface area (Å²) in [6, 6.07) is 31.1. The summed E-state index contributed by atoms with van der Waals surface area (Å²) in [5, 5.41) is 24.4. The molecular weight excluding hydrogens is 627 g/mol. The Morgan fingerprint density at radius 2 is 1.56 bits per heavy atom. The third kappa shape index (κ3) is 10.2. The molecule has 5 rings (SSSR count). The van der Waals surface area contributed by atoms with Crippen molar-refractivity contribution in [3.05, 3.63) is 119 Å². The fourth-order valence-corrected chi connectivity index (χ4v) is 6.29. The second-order valence-electron chi connectivity index (χ2n) is 11.7. The number of amides is 2. The van der Waals surface area contributed by atoms with Crippen LogP contribution in [0, 0.1) is 0 Å². The van der Waals surface area contributed by atoms with Gasteiger partial charge in [0.1, 0.15) is 0 Å². The number of rotatable bonds is 15. The SMILES string of the molecule is Nc1ccccc1NC(=O)CCCC(=O)NCc1cccc(-c2ccc(C3OC(CSCCO)CC(c4ccc(CO)cc4)O3)cc2)c1. The Kier molecular flexibility index (Phi) is 13.0. The molecule has 0 aromatic heterocycles. The number of nitrogen functional groups attached to an aromatic ring is 1. The highest BCUT2D eigenvalue weighted by Crippen LogP contribution is 2.39. The molecule has 3 atom stereocenters. The summed E-state index contributed by atoms with van der Waals surface area (Å²) in [6.45, 7) is 0.512. The molecule has 9 nitrogen and oxygen atoms in total. The second-order valence-corrected chi connectivity index (χ2v) is 12.9. The zero-order valence-corrected chi connectivity index (χ0v) is 27.7. The Morgan fingerprint density at radius 3 is 2.31 bits per heavy atom. The van der Waals surface area contributed by atoms with Crippen molar-refractivity contribution >= 4 is 35.0 Å². The molecule has 0 spiro atoms. The third-order valence-electron chi connectivity index (χ3n) is 8.13. The van der Waals surface area contributed by atoms with E-state index in [1.54, 1.807) is 36.0 Å². The van der Waals surface area contributed by atoms with Crippen LogP contribution in [0.4, 0.5) is 11.4 Å². The Morgan fingerprint density at radius 1 is 0.812 bits per heavy atom. The van der Waals surface area contributed by atoms with Crippen molar-refractivity contribution in [2.75, 3.05) is 29.2 Å². The van der Waals surface area contributed by atoms with E-state index in [-0.39, 0.29) is 50.1 Å². The lowest BCUT2D eigenvalue weighted by Crippen LogP contribution is -2.31. The van der Waals surface area contributed by atoms with Gasteiger partial charge in [0.2, 0.25) is 11.8 Å². The summed E-state index contributed by atoms with van der Waals surface area (Å²) in [5.74, 6) is 1.13. The number of ether oxygens (including phenoxy) is 2. The van der Waals surface area contributed by atoms with Crippen LogP contribution in [0.5, 0.6) is 0 Å². The number of anilines is 2. The number of benzene rings is 4. The molecule has 3 unspecified atom stereocenters. The van der Waals surface area contributed by atoms with E-state index in [9.17, 15) is 19.8 Å². The van der Waals surface area contributed by atoms with Gasteiger partial charge < -0.3 is 36.1 Å². The van der Waals surface area contributed by atoms with Crippen molar-refractivity contribution in [3.8, 4) is 11.1 Å². The topological polar surface area (TPSA) is 143 Å². The normalized spacial score (nSPS) is 17.5. The molecule has 2 amide bonds. The molecule has 0 bridgehead atoms. The van der Waals surface area contributed by atoms with Crippen LogP contribution in [0.2, 0.25) is 0 Å². The van der Waals surface area contributed by atoms with E-state index in [0.29, 0.717) is 36.5 Å². The van der Waals surface area contributed by atoms with E-state index in [0.717, 1.165) is 39.1 Å². The molecule has 1 fully saturated rings. The standard InChI is InChI=1S/C38H43N3O6S/c39-33-7-1-2-8-34(33)41-37(45)10-4-9-36(44)40-23-27-5-3-6-31(21-27)28-15-17-30(18-16-28)38-46-32(25-48-20-19-42)22-35(47-38)29-13-11-26(24-43)12-14-29/h1-3,5-8,11-18,21,32,35,38,42-43H,4,9-10,19-20,22-25,39H2,(H,40,44)(H,41,45). The number of aliphatic hydroxyl groups is 2. The van der Waals surface area contributed by atoms with Gasteiger partial charge in [-0.15, -0.1) is 0 Å². The molecule has 6 N–H and O–H groups in total. The summed E-state index contributed by atoms with van der Waals surface area (Å²) in [7, 11) is 0. The zero-order valence-electron chi connectivity index (χ0n) is 26.8. The highest BCUT2D eigenvalue weighted by Gasteiger charge is 2.32. The first-order chi connectivity index (χ1) is 23.4. The molecule has 252 valence electrons. The van der Waals surface area contributed by atoms with Crippen molar-refractivity contribution in [2.24, 2.45) is 0 Å². The van der Waals surface area contributed by atoms with Gasteiger partial charge >= 0.3 is 0 Å². The van der Waals surface area contributed by atoms with E-state index >= 15 is 0 Å². The minimum atomic E-state index is -0.542. The smallest absolute Gasteiger partial charge is 0.224 e. The number of para-hydroxylation sites is 2. The fourth-order valence-electron chi connectivity index (χ4n) is 5.52. The van der Waals surface area contributed by atoms with Gasteiger partial charge in [-0.2, -0.15) is 11.8 Å². The van der Waals surface area contributed by atoms with Gasteiger partial charge in [-0.1, -0.05) is 78.9 Å². The van der Waals surface area contributed by atoms with Gasteiger partial charge in [0.05, 0.1) is 36.8 Å². The van der Waals surface area contributed by atoms with Crippen molar-refractivity contribution in [2.45, 2.75) is 57.3 Å². The second kappa shape index (κ2) is 17.8. The molecule has 1 aliphatic rings. The average Bonchev–Trinajstić information content (AvgIpc) is 3.12. The monoisotopic (exact) mass is 669 g/mol. The minimum absolute atomic E-state index is 0.00412. The van der Waals surface area contributed by atoms with Crippen molar-refractivity contribution < 1.29 is 29.3 Å². The maximum atomic E-state index is 12.5. The molecule has 4 aromatic carbocycles. The first kappa shape index (κ1) is 35.1. The highest BCUT2D eigenvalue weighted by molar-refractivity contribution is 7.99. The Balaban J connectivity index is 1.15. The summed E-state index contributed by atoms with van der Waals surface area (Å²) in [5.41, 5.74) is 12.8. The number of aliphatic hydroxyl groups excluding tert-OH is 2. The maximum Gasteiger partial charge on any atom is 0.224 e. The Labute approximate surface area is 285 Å². The van der Waals surface area contributed by atoms with Gasteiger partial charge in [0.25, 0.3) is 0 Å². The lowest BCUT2D eigenvalue weighted by Gasteiger charge is -2.36. The van der Waals surface area contributed by atoms with Crippen LogP contribution in [0.15, 0.2) is 97.1 Å². The number of carbonyl (C=O) groups is 2. The third-order valence-corrected chi connectivity index (χ3v) is 9.21. The van der Waals surface area contributed by atoms with E-state index < -0.39 is 6.29 Å². The number of hydrogen-bond acceptors (Lipinski definition) is 8. The molecule has 0 saturated carbocycles. The molecule has 1 saturated heterocycles. The number of thioether (sulfide) groups is 1. The van der Waals surface area contributed by atoms with E-state index in [1.165, 1.54) is 0 Å². The molecule has 1 aliphatic heterocycles. The van der Waals surface area contributed by atoms with E-state index in [4.69, 9.17) is 15.2 Å². The van der Waals surface area contributed by atoms with Gasteiger partial charge in [0.15, 0.2) is 6.29 Å². The first-order valence-corrected chi connectivity index (χ1v) is 17.4. The zero-order chi connectivity index (χ0) is 33.7. The van der Waals surface area contributed by atoms with E-state index in [1.807, 2.05) is 66.7 Å². The number of nitrogens with two attached hydrogens (primary N) is 1.